The molecular weight excluding hydrogens is 314 g/mol. The molecule has 1 amide bonds. The van der Waals surface area contributed by atoms with Crippen LogP contribution in [-0.4, -0.2) is 27.0 Å². The number of hydrogen-bond acceptors (Lipinski definition) is 4. The molecule has 2 aromatic rings. The van der Waals surface area contributed by atoms with E-state index in [2.05, 4.69) is 31.2 Å². The van der Waals surface area contributed by atoms with Crippen molar-refractivity contribution in [1.82, 2.24) is 9.97 Å². The molecule has 0 aliphatic rings. The number of nitrogens with one attached hydrogen (secondary N) is 1. The molecule has 0 radical (unpaired) electrons. The fourth-order valence-corrected chi connectivity index (χ4v) is 1.81. The third-order valence-corrected chi connectivity index (χ3v) is 2.88. The standard InChI is InChI=1S/C12H8BrN3O3/c13-10-9(2-1-3-15-10)11(17)16-8-4-7(12(18)19)5-14-6-8/h1-6H,(H,16,17)(H,18,19). The summed E-state index contributed by atoms with van der Waals surface area (Å²) in [6.45, 7) is 0. The number of hydrogen-bond donors (Lipinski definition) is 2. The maximum Gasteiger partial charge on any atom is 0.337 e. The van der Waals surface area contributed by atoms with Crippen molar-refractivity contribution in [3.63, 3.8) is 0 Å². The van der Waals surface area contributed by atoms with Crippen LogP contribution in [0.2, 0.25) is 0 Å². The maximum absolute atomic E-state index is 12.0. The second-order valence-corrected chi connectivity index (χ2v) is 4.31. The third-order valence-electron chi connectivity index (χ3n) is 2.25. The quantitative estimate of drug-likeness (QED) is 0.845. The highest BCUT2D eigenvalue weighted by atomic mass is 79.9. The zero-order chi connectivity index (χ0) is 13.8. The van der Waals surface area contributed by atoms with Crippen LogP contribution in [0.3, 0.4) is 0 Å². The minimum absolute atomic E-state index is 0.00283. The van der Waals surface area contributed by atoms with E-state index < -0.39 is 11.9 Å². The van der Waals surface area contributed by atoms with Gasteiger partial charge in [0, 0.05) is 12.4 Å². The average Bonchev–Trinajstić information content (AvgIpc) is 2.39. The van der Waals surface area contributed by atoms with E-state index in [4.69, 9.17) is 5.11 Å². The first kappa shape index (κ1) is 13.2. The van der Waals surface area contributed by atoms with Crippen LogP contribution < -0.4 is 5.32 Å². The number of rotatable bonds is 3. The molecule has 0 saturated carbocycles. The van der Waals surface area contributed by atoms with Gasteiger partial charge in [0.15, 0.2) is 0 Å². The molecule has 7 heteroatoms. The smallest absolute Gasteiger partial charge is 0.337 e. The maximum atomic E-state index is 12.0. The molecule has 2 aromatic heterocycles. The Bertz CT molecular complexity index is 646. The number of aromatic carboxylic acids is 1. The molecule has 2 rings (SSSR count). The summed E-state index contributed by atoms with van der Waals surface area (Å²) in [6.07, 6.45) is 4.13. The minimum atomic E-state index is -1.11. The molecule has 2 N–H and O–H groups in total. The van der Waals surface area contributed by atoms with Gasteiger partial charge in [-0.15, -0.1) is 0 Å². The monoisotopic (exact) mass is 321 g/mol. The van der Waals surface area contributed by atoms with Crippen LogP contribution in [0.4, 0.5) is 5.69 Å². The SMILES string of the molecule is O=C(O)c1cncc(NC(=O)c2cccnc2Br)c1. The van der Waals surface area contributed by atoms with E-state index in [1.807, 2.05) is 0 Å². The van der Waals surface area contributed by atoms with Crippen molar-refractivity contribution < 1.29 is 14.7 Å². The molecule has 6 nitrogen and oxygen atoms in total. The largest absolute Gasteiger partial charge is 0.478 e. The predicted molar refractivity (Wildman–Crippen MR) is 71.1 cm³/mol. The first-order chi connectivity index (χ1) is 9.08. The normalized spacial score (nSPS) is 9.95. The van der Waals surface area contributed by atoms with Gasteiger partial charge >= 0.3 is 5.97 Å². The predicted octanol–water partition coefficient (Wildman–Crippen LogP) is 2.19. The number of carboxylic acids is 1. The van der Waals surface area contributed by atoms with E-state index in [0.717, 1.165) is 0 Å². The van der Waals surface area contributed by atoms with Gasteiger partial charge in [0.2, 0.25) is 0 Å². The van der Waals surface area contributed by atoms with Crippen LogP contribution in [0.15, 0.2) is 41.4 Å². The Balaban J connectivity index is 2.22. The fourth-order valence-electron chi connectivity index (χ4n) is 1.38. The Hall–Kier alpha value is -2.28. The van der Waals surface area contributed by atoms with Crippen molar-refractivity contribution in [1.29, 1.82) is 0 Å². The summed E-state index contributed by atoms with van der Waals surface area (Å²) in [5.74, 6) is -1.50. The second-order valence-electron chi connectivity index (χ2n) is 3.56. The van der Waals surface area contributed by atoms with E-state index in [-0.39, 0.29) is 5.56 Å². The van der Waals surface area contributed by atoms with E-state index >= 15 is 0 Å². The summed E-state index contributed by atoms with van der Waals surface area (Å²) in [5, 5.41) is 11.4. The van der Waals surface area contributed by atoms with Crippen molar-refractivity contribution in [2.45, 2.75) is 0 Å². The number of nitrogens with zero attached hydrogens (tertiary/aromatic N) is 2. The Morgan fingerprint density at radius 1 is 1.32 bits per heavy atom. The summed E-state index contributed by atoms with van der Waals surface area (Å²) < 4.78 is 0.412. The topological polar surface area (TPSA) is 92.2 Å². The van der Waals surface area contributed by atoms with Gasteiger partial charge < -0.3 is 10.4 Å². The first-order valence-corrected chi connectivity index (χ1v) is 5.97. The highest BCUT2D eigenvalue weighted by Gasteiger charge is 2.12. The Kier molecular flexibility index (Phi) is 3.86. The lowest BCUT2D eigenvalue weighted by Crippen LogP contribution is -2.13. The van der Waals surface area contributed by atoms with Crippen LogP contribution in [0, 0.1) is 0 Å². The van der Waals surface area contributed by atoms with Crippen molar-refractivity contribution in [3.05, 3.63) is 52.5 Å². The van der Waals surface area contributed by atoms with Gasteiger partial charge in [-0.3, -0.25) is 9.78 Å². The minimum Gasteiger partial charge on any atom is -0.478 e. The number of carbonyl (C=O) groups excluding carboxylic acids is 1. The molecule has 0 atom stereocenters. The van der Waals surface area contributed by atoms with Crippen LogP contribution in [0.5, 0.6) is 0 Å². The van der Waals surface area contributed by atoms with Crippen molar-refractivity contribution >= 4 is 33.5 Å². The Morgan fingerprint density at radius 3 is 2.79 bits per heavy atom. The number of carboxylic acid groups (broad SMARTS) is 1. The molecule has 0 aromatic carbocycles. The van der Waals surface area contributed by atoms with Gasteiger partial charge in [0.1, 0.15) is 4.60 Å². The number of anilines is 1. The van der Waals surface area contributed by atoms with Gasteiger partial charge in [0.25, 0.3) is 5.91 Å². The van der Waals surface area contributed by atoms with Gasteiger partial charge in [-0.2, -0.15) is 0 Å². The number of aromatic nitrogens is 2. The van der Waals surface area contributed by atoms with Crippen LogP contribution in [-0.2, 0) is 0 Å². The molecule has 0 unspecified atom stereocenters. The number of amides is 1. The van der Waals surface area contributed by atoms with Gasteiger partial charge in [-0.25, -0.2) is 9.78 Å². The molecule has 2 heterocycles. The molecule has 0 fully saturated rings. The molecule has 0 saturated heterocycles. The average molecular weight is 322 g/mol. The molecule has 0 aliphatic carbocycles. The highest BCUT2D eigenvalue weighted by molar-refractivity contribution is 9.10. The second kappa shape index (κ2) is 5.57. The Labute approximate surface area is 116 Å². The Morgan fingerprint density at radius 2 is 2.11 bits per heavy atom. The highest BCUT2D eigenvalue weighted by Crippen LogP contribution is 2.15. The van der Waals surface area contributed by atoms with Crippen LogP contribution in [0.25, 0.3) is 0 Å². The summed E-state index contributed by atoms with van der Waals surface area (Å²) in [5.41, 5.74) is 0.659. The lowest BCUT2D eigenvalue weighted by atomic mass is 10.2. The van der Waals surface area contributed by atoms with Gasteiger partial charge in [0.05, 0.1) is 23.0 Å². The van der Waals surface area contributed by atoms with E-state index in [1.54, 1.807) is 18.3 Å². The fraction of sp³-hybridized carbons (Fsp3) is 0. The summed E-state index contributed by atoms with van der Waals surface area (Å²) in [4.78, 5) is 30.4. The van der Waals surface area contributed by atoms with Crippen molar-refractivity contribution in [3.8, 4) is 0 Å². The number of halogens is 1. The summed E-state index contributed by atoms with van der Waals surface area (Å²) in [7, 11) is 0. The first-order valence-electron chi connectivity index (χ1n) is 5.18. The molecule has 19 heavy (non-hydrogen) atoms. The van der Waals surface area contributed by atoms with Gasteiger partial charge in [-0.1, -0.05) is 0 Å². The lowest BCUT2D eigenvalue weighted by Gasteiger charge is -2.06. The van der Waals surface area contributed by atoms with E-state index in [0.29, 0.717) is 15.9 Å². The zero-order valence-corrected chi connectivity index (χ0v) is 11.1. The lowest BCUT2D eigenvalue weighted by molar-refractivity contribution is 0.0696. The van der Waals surface area contributed by atoms with Crippen molar-refractivity contribution in [2.75, 3.05) is 5.32 Å². The number of pyridine rings is 2. The van der Waals surface area contributed by atoms with Gasteiger partial charge in [-0.05, 0) is 34.1 Å². The molecule has 0 aliphatic heterocycles. The third kappa shape index (κ3) is 3.14. The van der Waals surface area contributed by atoms with Crippen LogP contribution >= 0.6 is 15.9 Å². The summed E-state index contributed by atoms with van der Waals surface area (Å²) >= 11 is 3.17. The number of carbonyl (C=O) groups is 2. The molecule has 96 valence electrons. The molecule has 0 bridgehead atoms. The molecule has 0 spiro atoms. The van der Waals surface area contributed by atoms with Crippen LogP contribution in [0.1, 0.15) is 20.7 Å². The van der Waals surface area contributed by atoms with E-state index in [9.17, 15) is 9.59 Å². The van der Waals surface area contributed by atoms with Crippen molar-refractivity contribution in [2.24, 2.45) is 0 Å². The zero-order valence-electron chi connectivity index (χ0n) is 9.50. The molecular formula is C12H8BrN3O3. The summed E-state index contributed by atoms with van der Waals surface area (Å²) in [6, 6.07) is 4.56. The van der Waals surface area contributed by atoms with E-state index in [1.165, 1.54) is 18.5 Å².